The van der Waals surface area contributed by atoms with E-state index in [2.05, 4.69) is 0 Å². The Labute approximate surface area is 73.4 Å². The fourth-order valence-electron chi connectivity index (χ4n) is 1.64. The van der Waals surface area contributed by atoms with Crippen molar-refractivity contribution in [3.63, 3.8) is 0 Å². The Morgan fingerprint density at radius 1 is 1.50 bits per heavy atom. The summed E-state index contributed by atoms with van der Waals surface area (Å²) in [7, 11) is 1.91. The highest BCUT2D eigenvalue weighted by molar-refractivity contribution is 5.73. The standard InChI is InChI=1S/C9H17NO2/c1-6(2)8(9(11)12)10(3)7-4-5-7/h6-8H,4-5H2,1-3H3,(H,11,12). The van der Waals surface area contributed by atoms with E-state index < -0.39 is 5.97 Å². The van der Waals surface area contributed by atoms with E-state index in [0.29, 0.717) is 6.04 Å². The molecule has 1 fully saturated rings. The fourth-order valence-corrected chi connectivity index (χ4v) is 1.64. The first kappa shape index (κ1) is 9.52. The van der Waals surface area contributed by atoms with Gasteiger partial charge in [-0.05, 0) is 25.8 Å². The van der Waals surface area contributed by atoms with Crippen LogP contribution < -0.4 is 0 Å². The van der Waals surface area contributed by atoms with E-state index in [1.807, 2.05) is 25.8 Å². The summed E-state index contributed by atoms with van der Waals surface area (Å²) >= 11 is 0. The van der Waals surface area contributed by atoms with Crippen molar-refractivity contribution in [1.29, 1.82) is 0 Å². The first-order valence-corrected chi connectivity index (χ1v) is 4.48. The topological polar surface area (TPSA) is 40.5 Å². The molecule has 0 spiro atoms. The summed E-state index contributed by atoms with van der Waals surface area (Å²) in [5, 5.41) is 8.95. The van der Waals surface area contributed by atoms with Gasteiger partial charge < -0.3 is 5.11 Å². The quantitative estimate of drug-likeness (QED) is 0.690. The first-order valence-electron chi connectivity index (χ1n) is 4.48. The van der Waals surface area contributed by atoms with Crippen molar-refractivity contribution in [2.75, 3.05) is 7.05 Å². The Kier molecular flexibility index (Phi) is 2.73. The van der Waals surface area contributed by atoms with E-state index in [-0.39, 0.29) is 12.0 Å². The van der Waals surface area contributed by atoms with Gasteiger partial charge in [0, 0.05) is 6.04 Å². The molecule has 0 amide bonds. The monoisotopic (exact) mass is 171 g/mol. The minimum absolute atomic E-state index is 0.188. The van der Waals surface area contributed by atoms with Crippen LogP contribution in [0.2, 0.25) is 0 Å². The third kappa shape index (κ3) is 1.97. The highest BCUT2D eigenvalue weighted by Gasteiger charge is 2.35. The second kappa shape index (κ2) is 3.44. The van der Waals surface area contributed by atoms with Crippen LogP contribution in [0.25, 0.3) is 0 Å². The van der Waals surface area contributed by atoms with Crippen LogP contribution in [-0.2, 0) is 4.79 Å². The van der Waals surface area contributed by atoms with E-state index in [1.165, 1.54) is 0 Å². The number of carboxylic acids is 1. The summed E-state index contributed by atoms with van der Waals surface area (Å²) in [5.41, 5.74) is 0. The highest BCUT2D eigenvalue weighted by atomic mass is 16.4. The molecule has 3 heteroatoms. The Balaban J connectivity index is 2.57. The molecule has 1 aliphatic carbocycles. The van der Waals surface area contributed by atoms with Crippen molar-refractivity contribution in [3.8, 4) is 0 Å². The molecule has 1 unspecified atom stereocenters. The molecule has 1 aliphatic rings. The maximum Gasteiger partial charge on any atom is 0.321 e. The second-order valence-electron chi connectivity index (χ2n) is 3.92. The minimum atomic E-state index is -0.695. The molecule has 12 heavy (non-hydrogen) atoms. The number of nitrogens with zero attached hydrogens (tertiary/aromatic N) is 1. The van der Waals surface area contributed by atoms with Crippen molar-refractivity contribution >= 4 is 5.97 Å². The average molecular weight is 171 g/mol. The van der Waals surface area contributed by atoms with Gasteiger partial charge in [-0.2, -0.15) is 0 Å². The summed E-state index contributed by atoms with van der Waals surface area (Å²) in [4.78, 5) is 12.9. The molecule has 1 saturated carbocycles. The van der Waals surface area contributed by atoms with Crippen LogP contribution in [-0.4, -0.2) is 35.1 Å². The Bertz CT molecular complexity index is 175. The third-order valence-corrected chi connectivity index (χ3v) is 2.45. The molecule has 0 heterocycles. The number of likely N-dealkylation sites (N-methyl/N-ethyl adjacent to an activating group) is 1. The van der Waals surface area contributed by atoms with Crippen molar-refractivity contribution in [3.05, 3.63) is 0 Å². The van der Waals surface area contributed by atoms with E-state index in [0.717, 1.165) is 12.8 Å². The van der Waals surface area contributed by atoms with Gasteiger partial charge in [0.25, 0.3) is 0 Å². The lowest BCUT2D eigenvalue weighted by atomic mass is 10.0. The summed E-state index contributed by atoms with van der Waals surface area (Å²) < 4.78 is 0. The van der Waals surface area contributed by atoms with Crippen LogP contribution in [0.5, 0.6) is 0 Å². The van der Waals surface area contributed by atoms with Crippen LogP contribution in [0.1, 0.15) is 26.7 Å². The Morgan fingerprint density at radius 2 is 2.00 bits per heavy atom. The van der Waals surface area contributed by atoms with Crippen molar-refractivity contribution < 1.29 is 9.90 Å². The lowest BCUT2D eigenvalue weighted by Crippen LogP contribution is -2.43. The van der Waals surface area contributed by atoms with Gasteiger partial charge in [0.15, 0.2) is 0 Å². The van der Waals surface area contributed by atoms with Crippen molar-refractivity contribution in [2.24, 2.45) is 5.92 Å². The molecule has 0 aromatic rings. The number of hydrogen-bond acceptors (Lipinski definition) is 2. The largest absolute Gasteiger partial charge is 0.480 e. The maximum absolute atomic E-state index is 10.9. The van der Waals surface area contributed by atoms with E-state index in [9.17, 15) is 4.79 Å². The minimum Gasteiger partial charge on any atom is -0.480 e. The maximum atomic E-state index is 10.9. The molecule has 0 aliphatic heterocycles. The number of rotatable bonds is 4. The zero-order chi connectivity index (χ0) is 9.30. The molecule has 0 bridgehead atoms. The normalized spacial score (nSPS) is 20.1. The van der Waals surface area contributed by atoms with Gasteiger partial charge in [0.1, 0.15) is 6.04 Å². The smallest absolute Gasteiger partial charge is 0.321 e. The first-order chi connectivity index (χ1) is 5.54. The average Bonchev–Trinajstić information content (AvgIpc) is 2.64. The fraction of sp³-hybridized carbons (Fsp3) is 0.889. The molecule has 0 saturated heterocycles. The van der Waals surface area contributed by atoms with Crippen LogP contribution in [0.3, 0.4) is 0 Å². The second-order valence-corrected chi connectivity index (χ2v) is 3.92. The molecule has 1 N–H and O–H groups in total. The van der Waals surface area contributed by atoms with Crippen LogP contribution in [0.4, 0.5) is 0 Å². The molecule has 0 aromatic carbocycles. The molecule has 1 atom stereocenters. The molecule has 70 valence electrons. The van der Waals surface area contributed by atoms with Crippen LogP contribution in [0, 0.1) is 5.92 Å². The van der Waals surface area contributed by atoms with Crippen LogP contribution in [0.15, 0.2) is 0 Å². The predicted octanol–water partition coefficient (Wildman–Crippen LogP) is 1.19. The van der Waals surface area contributed by atoms with Gasteiger partial charge in [0.05, 0.1) is 0 Å². The van der Waals surface area contributed by atoms with E-state index in [4.69, 9.17) is 5.11 Å². The summed E-state index contributed by atoms with van der Waals surface area (Å²) in [6.07, 6.45) is 2.32. The predicted molar refractivity (Wildman–Crippen MR) is 47.0 cm³/mol. The number of hydrogen-bond donors (Lipinski definition) is 1. The Hall–Kier alpha value is -0.570. The Morgan fingerprint density at radius 3 is 2.25 bits per heavy atom. The summed E-state index contributed by atoms with van der Waals surface area (Å²) in [6.45, 7) is 3.91. The molecular weight excluding hydrogens is 154 g/mol. The lowest BCUT2D eigenvalue weighted by molar-refractivity contribution is -0.144. The third-order valence-electron chi connectivity index (χ3n) is 2.45. The number of aliphatic carboxylic acids is 1. The van der Waals surface area contributed by atoms with E-state index in [1.54, 1.807) is 0 Å². The van der Waals surface area contributed by atoms with Gasteiger partial charge in [-0.3, -0.25) is 9.69 Å². The summed E-state index contributed by atoms with van der Waals surface area (Å²) in [6, 6.07) is 0.214. The zero-order valence-corrected chi connectivity index (χ0v) is 7.95. The molecule has 0 radical (unpaired) electrons. The van der Waals surface area contributed by atoms with Gasteiger partial charge in [0.2, 0.25) is 0 Å². The lowest BCUT2D eigenvalue weighted by Gasteiger charge is -2.27. The molecule has 0 aromatic heterocycles. The number of carbonyl (C=O) groups is 1. The van der Waals surface area contributed by atoms with E-state index >= 15 is 0 Å². The number of carboxylic acid groups (broad SMARTS) is 1. The molecule has 3 nitrogen and oxygen atoms in total. The van der Waals surface area contributed by atoms with Gasteiger partial charge in [-0.15, -0.1) is 0 Å². The zero-order valence-electron chi connectivity index (χ0n) is 7.95. The van der Waals surface area contributed by atoms with Gasteiger partial charge in [-0.25, -0.2) is 0 Å². The molecule has 1 rings (SSSR count). The highest BCUT2D eigenvalue weighted by Crippen LogP contribution is 2.28. The van der Waals surface area contributed by atoms with Crippen LogP contribution >= 0.6 is 0 Å². The van der Waals surface area contributed by atoms with Gasteiger partial charge >= 0.3 is 5.97 Å². The SMILES string of the molecule is CC(C)C(C(=O)O)N(C)C1CC1. The van der Waals surface area contributed by atoms with Gasteiger partial charge in [-0.1, -0.05) is 13.8 Å². The van der Waals surface area contributed by atoms with Crippen molar-refractivity contribution in [2.45, 2.75) is 38.8 Å². The summed E-state index contributed by atoms with van der Waals surface area (Å²) in [5.74, 6) is -0.507. The van der Waals surface area contributed by atoms with Crippen molar-refractivity contribution in [1.82, 2.24) is 4.90 Å². The molecular formula is C9H17NO2.